The molecule has 21 heavy (non-hydrogen) atoms. The SMILES string of the molecule is O=COCC(c1ccc(OC(F)(F)F)cc1)c1cn[nH]n1. The number of hydrogen-bond donors (Lipinski definition) is 1. The Hall–Kier alpha value is -2.58. The van der Waals surface area contributed by atoms with Gasteiger partial charge in [0.15, 0.2) is 0 Å². The predicted molar refractivity (Wildman–Crippen MR) is 63.4 cm³/mol. The third-order valence-electron chi connectivity index (χ3n) is 2.64. The van der Waals surface area contributed by atoms with Crippen molar-refractivity contribution in [3.8, 4) is 5.75 Å². The lowest BCUT2D eigenvalue weighted by Crippen LogP contribution is -2.17. The molecule has 0 saturated heterocycles. The summed E-state index contributed by atoms with van der Waals surface area (Å²) in [4.78, 5) is 10.3. The first-order valence-corrected chi connectivity index (χ1v) is 5.76. The summed E-state index contributed by atoms with van der Waals surface area (Å²) in [5.41, 5.74) is 1.11. The van der Waals surface area contributed by atoms with Crippen molar-refractivity contribution in [2.24, 2.45) is 0 Å². The van der Waals surface area contributed by atoms with E-state index in [0.29, 0.717) is 11.3 Å². The number of halogens is 3. The van der Waals surface area contributed by atoms with Gasteiger partial charge in [-0.2, -0.15) is 15.4 Å². The van der Waals surface area contributed by atoms with Crippen LogP contribution in [0.1, 0.15) is 17.2 Å². The van der Waals surface area contributed by atoms with Gasteiger partial charge in [-0.25, -0.2) is 0 Å². The van der Waals surface area contributed by atoms with Gasteiger partial charge < -0.3 is 9.47 Å². The Labute approximate surface area is 116 Å². The molecule has 1 heterocycles. The Kier molecular flexibility index (Phi) is 4.41. The average Bonchev–Trinajstić information content (AvgIpc) is 2.93. The van der Waals surface area contributed by atoms with Crippen molar-refractivity contribution in [1.29, 1.82) is 0 Å². The summed E-state index contributed by atoms with van der Waals surface area (Å²) in [5.74, 6) is -0.768. The fourth-order valence-electron chi connectivity index (χ4n) is 1.77. The van der Waals surface area contributed by atoms with Crippen LogP contribution in [0.5, 0.6) is 5.75 Å². The van der Waals surface area contributed by atoms with E-state index in [1.807, 2.05) is 0 Å². The highest BCUT2D eigenvalue weighted by atomic mass is 19.4. The molecule has 0 radical (unpaired) electrons. The van der Waals surface area contributed by atoms with Crippen LogP contribution in [0.25, 0.3) is 0 Å². The van der Waals surface area contributed by atoms with E-state index in [9.17, 15) is 18.0 Å². The number of alkyl halides is 3. The van der Waals surface area contributed by atoms with Gasteiger partial charge in [-0.05, 0) is 17.7 Å². The monoisotopic (exact) mass is 301 g/mol. The maximum absolute atomic E-state index is 12.1. The summed E-state index contributed by atoms with van der Waals surface area (Å²) >= 11 is 0. The number of hydrogen-bond acceptors (Lipinski definition) is 5. The van der Waals surface area contributed by atoms with Gasteiger partial charge in [0.25, 0.3) is 6.47 Å². The largest absolute Gasteiger partial charge is 0.573 e. The van der Waals surface area contributed by atoms with Crippen LogP contribution in [-0.4, -0.2) is 34.9 Å². The molecule has 0 spiro atoms. The van der Waals surface area contributed by atoms with Crippen molar-refractivity contribution >= 4 is 6.47 Å². The minimum atomic E-state index is -4.74. The Balaban J connectivity index is 2.18. The third kappa shape index (κ3) is 4.20. The molecule has 1 unspecified atom stereocenters. The number of benzene rings is 1. The van der Waals surface area contributed by atoms with Crippen LogP contribution in [-0.2, 0) is 9.53 Å². The van der Waals surface area contributed by atoms with Crippen molar-refractivity contribution in [2.75, 3.05) is 6.61 Å². The number of ether oxygens (including phenoxy) is 2. The molecule has 9 heteroatoms. The molecule has 1 aromatic heterocycles. The molecular weight excluding hydrogens is 291 g/mol. The molecular formula is C12H10F3N3O3. The number of aromatic amines is 1. The van der Waals surface area contributed by atoms with Crippen LogP contribution in [0.3, 0.4) is 0 Å². The average molecular weight is 301 g/mol. The quantitative estimate of drug-likeness (QED) is 0.826. The molecule has 1 N–H and O–H groups in total. The van der Waals surface area contributed by atoms with E-state index >= 15 is 0 Å². The van der Waals surface area contributed by atoms with E-state index in [1.165, 1.54) is 30.5 Å². The van der Waals surface area contributed by atoms with Crippen LogP contribution in [0.2, 0.25) is 0 Å². The van der Waals surface area contributed by atoms with Crippen molar-refractivity contribution in [3.05, 3.63) is 41.7 Å². The molecule has 2 rings (SSSR count). The molecule has 0 aliphatic rings. The molecule has 6 nitrogen and oxygen atoms in total. The van der Waals surface area contributed by atoms with Crippen molar-refractivity contribution in [2.45, 2.75) is 12.3 Å². The second-order valence-electron chi connectivity index (χ2n) is 3.99. The highest BCUT2D eigenvalue weighted by Gasteiger charge is 2.31. The molecule has 1 aromatic carbocycles. The number of rotatable bonds is 6. The van der Waals surface area contributed by atoms with Crippen LogP contribution in [0.15, 0.2) is 30.5 Å². The molecule has 112 valence electrons. The van der Waals surface area contributed by atoms with Gasteiger partial charge in [0, 0.05) is 0 Å². The Morgan fingerprint density at radius 2 is 2.00 bits per heavy atom. The zero-order valence-electron chi connectivity index (χ0n) is 10.5. The molecule has 0 saturated carbocycles. The first-order chi connectivity index (χ1) is 9.99. The lowest BCUT2D eigenvalue weighted by Gasteiger charge is -2.14. The van der Waals surface area contributed by atoms with Gasteiger partial charge in [0.2, 0.25) is 0 Å². The first kappa shape index (κ1) is 14.8. The lowest BCUT2D eigenvalue weighted by molar-refractivity contribution is -0.274. The summed E-state index contributed by atoms with van der Waals surface area (Å²) in [6.45, 7) is 0.281. The van der Waals surface area contributed by atoms with Crippen LogP contribution in [0, 0.1) is 0 Å². The van der Waals surface area contributed by atoms with Gasteiger partial charge in [-0.1, -0.05) is 12.1 Å². The summed E-state index contributed by atoms with van der Waals surface area (Å²) in [7, 11) is 0. The minimum Gasteiger partial charge on any atom is -0.467 e. The van der Waals surface area contributed by atoms with Crippen molar-refractivity contribution in [3.63, 3.8) is 0 Å². The summed E-state index contributed by atoms with van der Waals surface area (Å²) in [5, 5.41) is 9.96. The number of H-pyrrole nitrogens is 1. The smallest absolute Gasteiger partial charge is 0.467 e. The summed E-state index contributed by atoms with van der Waals surface area (Å²) in [6.07, 6.45) is -3.30. The van der Waals surface area contributed by atoms with Gasteiger partial charge in [-0.15, -0.1) is 13.2 Å². The number of aromatic nitrogens is 3. The van der Waals surface area contributed by atoms with E-state index in [2.05, 4.69) is 20.1 Å². The van der Waals surface area contributed by atoms with Crippen LogP contribution in [0.4, 0.5) is 13.2 Å². The van der Waals surface area contributed by atoms with Gasteiger partial charge in [0.1, 0.15) is 12.4 Å². The number of nitrogens with zero attached hydrogens (tertiary/aromatic N) is 2. The maximum Gasteiger partial charge on any atom is 0.573 e. The van der Waals surface area contributed by atoms with E-state index in [-0.39, 0.29) is 18.8 Å². The topological polar surface area (TPSA) is 77.1 Å². The number of nitrogens with one attached hydrogen (secondary N) is 1. The lowest BCUT2D eigenvalue weighted by atomic mass is 9.97. The number of carbonyl (C=O) groups excluding carboxylic acids is 1. The highest BCUT2D eigenvalue weighted by Crippen LogP contribution is 2.27. The Morgan fingerprint density at radius 3 is 2.52 bits per heavy atom. The van der Waals surface area contributed by atoms with E-state index < -0.39 is 12.3 Å². The molecule has 1 atom stereocenters. The van der Waals surface area contributed by atoms with Crippen molar-refractivity contribution < 1.29 is 27.4 Å². The highest BCUT2D eigenvalue weighted by molar-refractivity contribution is 5.38. The summed E-state index contributed by atoms with van der Waals surface area (Å²) < 4.78 is 44.8. The van der Waals surface area contributed by atoms with E-state index in [1.54, 1.807) is 0 Å². The predicted octanol–water partition coefficient (Wildman–Crippen LogP) is 2.01. The third-order valence-corrected chi connectivity index (χ3v) is 2.64. The molecule has 0 aliphatic heterocycles. The first-order valence-electron chi connectivity index (χ1n) is 5.76. The molecule has 0 aliphatic carbocycles. The van der Waals surface area contributed by atoms with E-state index in [0.717, 1.165) is 0 Å². The van der Waals surface area contributed by atoms with E-state index in [4.69, 9.17) is 4.74 Å². The van der Waals surface area contributed by atoms with Gasteiger partial charge in [-0.3, -0.25) is 4.79 Å². The van der Waals surface area contributed by atoms with Gasteiger partial charge in [0.05, 0.1) is 17.8 Å². The van der Waals surface area contributed by atoms with Crippen molar-refractivity contribution in [1.82, 2.24) is 15.4 Å². The minimum absolute atomic E-state index is 0.00446. The summed E-state index contributed by atoms with van der Waals surface area (Å²) in [6, 6.07) is 5.23. The maximum atomic E-state index is 12.1. The van der Waals surface area contributed by atoms with Crippen LogP contribution >= 0.6 is 0 Å². The second-order valence-corrected chi connectivity index (χ2v) is 3.99. The normalized spacial score (nSPS) is 12.7. The van der Waals surface area contributed by atoms with Crippen LogP contribution < -0.4 is 4.74 Å². The number of carbonyl (C=O) groups is 1. The molecule has 0 bridgehead atoms. The Morgan fingerprint density at radius 1 is 1.29 bits per heavy atom. The fraction of sp³-hybridized carbons (Fsp3) is 0.250. The standard InChI is InChI=1S/C12H10F3N3O3/c13-12(14,15)21-9-3-1-8(2-4-9)10(6-20-7-19)11-5-16-18-17-11/h1-5,7,10H,6H2,(H,16,17,18). The zero-order chi connectivity index (χ0) is 15.3. The Bertz CT molecular complexity index is 570. The van der Waals surface area contributed by atoms with Gasteiger partial charge >= 0.3 is 6.36 Å². The molecule has 0 fully saturated rings. The zero-order valence-corrected chi connectivity index (χ0v) is 10.5. The molecule has 0 amide bonds. The fourth-order valence-corrected chi connectivity index (χ4v) is 1.77. The molecule has 2 aromatic rings. The second kappa shape index (κ2) is 6.25.